The van der Waals surface area contributed by atoms with Crippen LogP contribution in [0.15, 0.2) is 42.5 Å². The predicted octanol–water partition coefficient (Wildman–Crippen LogP) is 4.35. The lowest BCUT2D eigenvalue weighted by atomic mass is 10.2. The minimum atomic E-state index is 0.715. The number of rotatable bonds is 3. The van der Waals surface area contributed by atoms with Gasteiger partial charge >= 0.3 is 0 Å². The lowest BCUT2D eigenvalue weighted by Crippen LogP contribution is -1.99. The lowest BCUT2D eigenvalue weighted by Gasteiger charge is -2.07. The Morgan fingerprint density at radius 2 is 1.90 bits per heavy atom. The summed E-state index contributed by atoms with van der Waals surface area (Å²) in [6, 6.07) is 13.7. The van der Waals surface area contributed by atoms with E-state index in [0.29, 0.717) is 5.69 Å². The van der Waals surface area contributed by atoms with E-state index >= 15 is 0 Å². The van der Waals surface area contributed by atoms with Crippen molar-refractivity contribution in [2.24, 2.45) is 0 Å². The Morgan fingerprint density at radius 3 is 2.60 bits per heavy atom. The summed E-state index contributed by atoms with van der Waals surface area (Å²) in [6.45, 7) is 3.07. The zero-order valence-electron chi connectivity index (χ0n) is 11.3. The van der Waals surface area contributed by atoms with Gasteiger partial charge in [0.05, 0.1) is 11.2 Å². The molecule has 0 amide bonds. The van der Waals surface area contributed by atoms with E-state index in [1.807, 2.05) is 36.4 Å². The smallest absolute Gasteiger partial charge is 0.141 e. The third-order valence-corrected chi connectivity index (χ3v) is 3.61. The average Bonchev–Trinajstić information content (AvgIpc) is 2.81. The lowest BCUT2D eigenvalue weighted by molar-refractivity contribution is 0.704. The predicted molar refractivity (Wildman–Crippen MR) is 84.9 cm³/mol. The van der Waals surface area contributed by atoms with Gasteiger partial charge in [0.2, 0.25) is 0 Å². The molecule has 0 unspecified atom stereocenters. The molecular formula is C16H16ClN3. The van der Waals surface area contributed by atoms with Crippen LogP contribution in [-0.2, 0) is 6.54 Å². The fourth-order valence-electron chi connectivity index (χ4n) is 2.44. The first-order chi connectivity index (χ1) is 9.70. The van der Waals surface area contributed by atoms with E-state index < -0.39 is 0 Å². The number of halogens is 1. The van der Waals surface area contributed by atoms with Crippen LogP contribution in [0, 0.1) is 0 Å². The van der Waals surface area contributed by atoms with Gasteiger partial charge < -0.3 is 10.3 Å². The number of benzene rings is 2. The number of nitrogen functional groups attached to an aromatic ring is 1. The van der Waals surface area contributed by atoms with Crippen LogP contribution in [0.5, 0.6) is 0 Å². The van der Waals surface area contributed by atoms with Gasteiger partial charge in [0, 0.05) is 17.1 Å². The quantitative estimate of drug-likeness (QED) is 0.727. The van der Waals surface area contributed by atoms with E-state index in [9.17, 15) is 0 Å². The Labute approximate surface area is 123 Å². The summed E-state index contributed by atoms with van der Waals surface area (Å²) in [7, 11) is 0. The minimum Gasteiger partial charge on any atom is -0.397 e. The summed E-state index contributed by atoms with van der Waals surface area (Å²) in [6.07, 6.45) is 1.04. The summed E-state index contributed by atoms with van der Waals surface area (Å²) < 4.78 is 2.22. The zero-order chi connectivity index (χ0) is 14.1. The number of hydrogen-bond donors (Lipinski definition) is 1. The molecule has 2 N–H and O–H groups in total. The minimum absolute atomic E-state index is 0.715. The zero-order valence-corrected chi connectivity index (χ0v) is 12.1. The van der Waals surface area contributed by atoms with Crippen LogP contribution in [0.25, 0.3) is 22.4 Å². The summed E-state index contributed by atoms with van der Waals surface area (Å²) >= 11 is 5.96. The largest absolute Gasteiger partial charge is 0.397 e. The second-order valence-electron chi connectivity index (χ2n) is 4.81. The molecule has 3 nitrogen and oxygen atoms in total. The summed E-state index contributed by atoms with van der Waals surface area (Å²) in [4.78, 5) is 4.73. The van der Waals surface area contributed by atoms with Crippen LogP contribution in [0.1, 0.15) is 13.3 Å². The first kappa shape index (κ1) is 13.0. The number of nitrogens with two attached hydrogens (primary N) is 1. The maximum Gasteiger partial charge on any atom is 0.141 e. The van der Waals surface area contributed by atoms with Gasteiger partial charge in [-0.1, -0.05) is 24.6 Å². The number of para-hydroxylation sites is 1. The molecule has 0 atom stereocenters. The molecule has 1 heterocycles. The van der Waals surface area contributed by atoms with Gasteiger partial charge in [0.1, 0.15) is 11.3 Å². The van der Waals surface area contributed by atoms with Crippen molar-refractivity contribution in [1.29, 1.82) is 0 Å². The number of nitrogens with zero attached hydrogens (tertiary/aromatic N) is 2. The first-order valence-corrected chi connectivity index (χ1v) is 7.09. The Hall–Kier alpha value is -2.00. The topological polar surface area (TPSA) is 43.8 Å². The molecule has 0 aliphatic heterocycles. The molecule has 3 aromatic rings. The van der Waals surface area contributed by atoms with E-state index in [1.165, 1.54) is 0 Å². The number of aryl methyl sites for hydroxylation is 1. The highest BCUT2D eigenvalue weighted by Crippen LogP contribution is 2.28. The van der Waals surface area contributed by atoms with Crippen LogP contribution < -0.4 is 5.73 Å². The molecule has 0 fully saturated rings. The van der Waals surface area contributed by atoms with Crippen molar-refractivity contribution in [2.75, 3.05) is 5.73 Å². The third kappa shape index (κ3) is 2.14. The molecule has 0 aliphatic carbocycles. The average molecular weight is 286 g/mol. The van der Waals surface area contributed by atoms with E-state index in [2.05, 4.69) is 17.6 Å². The molecule has 102 valence electrons. The van der Waals surface area contributed by atoms with E-state index in [1.54, 1.807) is 0 Å². The molecule has 0 spiro atoms. The van der Waals surface area contributed by atoms with Crippen LogP contribution in [0.4, 0.5) is 5.69 Å². The second-order valence-corrected chi connectivity index (χ2v) is 5.25. The van der Waals surface area contributed by atoms with Gasteiger partial charge in [-0.15, -0.1) is 0 Å². The van der Waals surface area contributed by atoms with Crippen molar-refractivity contribution in [3.05, 3.63) is 47.5 Å². The number of fused-ring (bicyclic) bond motifs is 1. The molecule has 0 aliphatic rings. The van der Waals surface area contributed by atoms with Gasteiger partial charge in [-0.05, 0) is 42.8 Å². The normalized spacial score (nSPS) is 11.1. The Balaban J connectivity index is 2.26. The molecule has 1 aromatic heterocycles. The first-order valence-electron chi connectivity index (χ1n) is 6.71. The van der Waals surface area contributed by atoms with Crippen molar-refractivity contribution < 1.29 is 0 Å². The molecule has 4 heteroatoms. The highest BCUT2D eigenvalue weighted by atomic mass is 35.5. The molecule has 0 saturated carbocycles. The van der Waals surface area contributed by atoms with E-state index in [0.717, 1.165) is 40.4 Å². The number of hydrogen-bond acceptors (Lipinski definition) is 2. The third-order valence-electron chi connectivity index (χ3n) is 3.36. The highest BCUT2D eigenvalue weighted by Gasteiger charge is 2.13. The summed E-state index contributed by atoms with van der Waals surface area (Å²) in [5.41, 5.74) is 9.76. The number of aromatic nitrogens is 2. The Kier molecular flexibility index (Phi) is 3.36. The maximum absolute atomic E-state index is 6.04. The number of anilines is 1. The number of imidazole rings is 1. The van der Waals surface area contributed by atoms with Crippen molar-refractivity contribution >= 4 is 28.3 Å². The maximum atomic E-state index is 6.04. The van der Waals surface area contributed by atoms with Crippen LogP contribution >= 0.6 is 11.6 Å². The molecular weight excluding hydrogens is 270 g/mol. The summed E-state index contributed by atoms with van der Waals surface area (Å²) in [5.74, 6) is 0.941. The van der Waals surface area contributed by atoms with Crippen molar-refractivity contribution in [1.82, 2.24) is 9.55 Å². The van der Waals surface area contributed by atoms with Gasteiger partial charge in [0.15, 0.2) is 0 Å². The fourth-order valence-corrected chi connectivity index (χ4v) is 2.56. The Bertz CT molecular complexity index is 744. The van der Waals surface area contributed by atoms with Gasteiger partial charge in [0.25, 0.3) is 0 Å². The van der Waals surface area contributed by atoms with Crippen molar-refractivity contribution in [3.8, 4) is 11.4 Å². The fraction of sp³-hybridized carbons (Fsp3) is 0.188. The second kappa shape index (κ2) is 5.17. The molecule has 2 aromatic carbocycles. The molecule has 0 saturated heterocycles. The highest BCUT2D eigenvalue weighted by molar-refractivity contribution is 6.30. The molecule has 20 heavy (non-hydrogen) atoms. The van der Waals surface area contributed by atoms with Crippen LogP contribution in [0.2, 0.25) is 5.02 Å². The van der Waals surface area contributed by atoms with Crippen LogP contribution in [0.3, 0.4) is 0 Å². The standard InChI is InChI=1S/C16H16ClN3/c1-2-10-20-14-5-3-4-13(18)15(14)19-16(20)11-6-8-12(17)9-7-11/h3-9H,2,10,18H2,1H3. The SMILES string of the molecule is CCCn1c(-c2ccc(Cl)cc2)nc2c(N)cccc21. The monoisotopic (exact) mass is 285 g/mol. The summed E-state index contributed by atoms with van der Waals surface area (Å²) in [5, 5.41) is 0.728. The van der Waals surface area contributed by atoms with Gasteiger partial charge in [-0.3, -0.25) is 0 Å². The van der Waals surface area contributed by atoms with E-state index in [-0.39, 0.29) is 0 Å². The Morgan fingerprint density at radius 1 is 1.15 bits per heavy atom. The van der Waals surface area contributed by atoms with Crippen LogP contribution in [-0.4, -0.2) is 9.55 Å². The van der Waals surface area contributed by atoms with Crippen molar-refractivity contribution in [3.63, 3.8) is 0 Å². The van der Waals surface area contributed by atoms with E-state index in [4.69, 9.17) is 22.3 Å². The van der Waals surface area contributed by atoms with Gasteiger partial charge in [-0.25, -0.2) is 4.98 Å². The molecule has 0 bridgehead atoms. The molecule has 3 rings (SSSR count). The van der Waals surface area contributed by atoms with Crippen molar-refractivity contribution in [2.45, 2.75) is 19.9 Å². The van der Waals surface area contributed by atoms with Gasteiger partial charge in [-0.2, -0.15) is 0 Å². The molecule has 0 radical (unpaired) electrons.